The first kappa shape index (κ1) is 12.8. The lowest BCUT2D eigenvalue weighted by atomic mass is 9.93. The summed E-state index contributed by atoms with van der Waals surface area (Å²) in [5.41, 5.74) is 6.63. The molecule has 2 N–H and O–H groups in total. The molecule has 0 spiro atoms. The van der Waals surface area contributed by atoms with E-state index >= 15 is 0 Å². The van der Waals surface area contributed by atoms with Crippen LogP contribution in [0.15, 0.2) is 24.3 Å². The molecule has 0 bridgehead atoms. The first-order chi connectivity index (χ1) is 7.15. The average molecular weight is 246 g/mol. The second-order valence-electron chi connectivity index (χ2n) is 3.74. The molecule has 0 aliphatic carbocycles. The Morgan fingerprint density at radius 3 is 2.33 bits per heavy atom. The maximum atomic E-state index is 6.00. The Kier molecular flexibility index (Phi) is 5.44. The lowest BCUT2D eigenvalue weighted by Crippen LogP contribution is -2.22. The monoisotopic (exact) mass is 245 g/mol. The molecular weight excluding hydrogens is 229 g/mol. The Morgan fingerprint density at radius 2 is 1.87 bits per heavy atom. The summed E-state index contributed by atoms with van der Waals surface area (Å²) in [4.78, 5) is 0. The van der Waals surface area contributed by atoms with Gasteiger partial charge in [0.25, 0.3) is 0 Å². The van der Waals surface area contributed by atoms with Crippen molar-refractivity contribution in [2.45, 2.75) is 37.6 Å². The summed E-state index contributed by atoms with van der Waals surface area (Å²) in [6.45, 7) is 2.17. The first-order valence-electron chi connectivity index (χ1n) is 5.30. The van der Waals surface area contributed by atoms with Crippen LogP contribution in [0.25, 0.3) is 0 Å². The molecule has 0 amide bonds. The largest absolute Gasteiger partial charge is 0.315 e. The Morgan fingerprint density at radius 1 is 1.27 bits per heavy atom. The molecule has 1 aromatic carbocycles. The number of nitrogens with two attached hydrogens (primary N) is 1. The standard InChI is InChI=1S/C12H17Cl2N/c1-2-3-4-11(12(14)15)9-5-7-10(13)8-6-9/h5-8,11-12H,2-4,15H2,1H3. The summed E-state index contributed by atoms with van der Waals surface area (Å²) in [6.07, 6.45) is 3.34. The smallest absolute Gasteiger partial charge is 0.0869 e. The van der Waals surface area contributed by atoms with Gasteiger partial charge >= 0.3 is 0 Å². The number of hydrogen-bond donors (Lipinski definition) is 1. The van der Waals surface area contributed by atoms with Crippen LogP contribution in [0.4, 0.5) is 0 Å². The van der Waals surface area contributed by atoms with Gasteiger partial charge in [-0.25, -0.2) is 0 Å². The second kappa shape index (κ2) is 6.37. The van der Waals surface area contributed by atoms with Crippen LogP contribution in [0.1, 0.15) is 37.7 Å². The summed E-state index contributed by atoms with van der Waals surface area (Å²) in [6, 6.07) is 7.78. The molecule has 15 heavy (non-hydrogen) atoms. The molecule has 1 rings (SSSR count). The molecule has 3 heteroatoms. The third kappa shape index (κ3) is 4.02. The van der Waals surface area contributed by atoms with Gasteiger partial charge in [0.05, 0.1) is 5.50 Å². The van der Waals surface area contributed by atoms with E-state index in [2.05, 4.69) is 6.92 Å². The molecular formula is C12H17Cl2N. The molecule has 1 aromatic rings. The predicted molar refractivity (Wildman–Crippen MR) is 67.5 cm³/mol. The molecule has 0 aliphatic rings. The van der Waals surface area contributed by atoms with Crippen molar-refractivity contribution in [3.05, 3.63) is 34.9 Å². The van der Waals surface area contributed by atoms with Gasteiger partial charge in [0.15, 0.2) is 0 Å². The fraction of sp³-hybridized carbons (Fsp3) is 0.500. The van der Waals surface area contributed by atoms with Gasteiger partial charge in [0, 0.05) is 10.9 Å². The van der Waals surface area contributed by atoms with Gasteiger partial charge in [-0.2, -0.15) is 0 Å². The van der Waals surface area contributed by atoms with Crippen LogP contribution in [0.3, 0.4) is 0 Å². The van der Waals surface area contributed by atoms with Crippen LogP contribution in [0.2, 0.25) is 5.02 Å². The summed E-state index contributed by atoms with van der Waals surface area (Å²) in [7, 11) is 0. The number of alkyl halides is 1. The van der Waals surface area contributed by atoms with E-state index in [1.165, 1.54) is 5.56 Å². The normalized spacial score (nSPS) is 14.9. The van der Waals surface area contributed by atoms with E-state index in [0.717, 1.165) is 24.3 Å². The Hall–Kier alpha value is -0.240. The fourth-order valence-electron chi connectivity index (χ4n) is 1.64. The minimum Gasteiger partial charge on any atom is -0.315 e. The lowest BCUT2D eigenvalue weighted by molar-refractivity contribution is 0.565. The summed E-state index contributed by atoms with van der Waals surface area (Å²) < 4.78 is 0. The van der Waals surface area contributed by atoms with E-state index in [-0.39, 0.29) is 11.4 Å². The lowest BCUT2D eigenvalue weighted by Gasteiger charge is -2.19. The fourth-order valence-corrected chi connectivity index (χ4v) is 2.04. The third-order valence-corrected chi connectivity index (χ3v) is 3.11. The van der Waals surface area contributed by atoms with Crippen molar-refractivity contribution in [1.82, 2.24) is 0 Å². The Balaban J connectivity index is 2.74. The number of rotatable bonds is 5. The van der Waals surface area contributed by atoms with E-state index in [1.54, 1.807) is 0 Å². The molecule has 2 unspecified atom stereocenters. The summed E-state index contributed by atoms with van der Waals surface area (Å²) >= 11 is 11.8. The zero-order valence-corrected chi connectivity index (χ0v) is 10.4. The molecule has 1 nitrogen and oxygen atoms in total. The third-order valence-electron chi connectivity index (χ3n) is 2.55. The van der Waals surface area contributed by atoms with Crippen molar-refractivity contribution >= 4 is 23.2 Å². The number of hydrogen-bond acceptors (Lipinski definition) is 1. The van der Waals surface area contributed by atoms with Gasteiger partial charge in [-0.05, 0) is 24.1 Å². The highest BCUT2D eigenvalue weighted by Gasteiger charge is 2.16. The molecule has 0 saturated heterocycles. The Bertz CT molecular complexity index is 282. The molecule has 84 valence electrons. The van der Waals surface area contributed by atoms with E-state index in [9.17, 15) is 0 Å². The summed E-state index contributed by atoms with van der Waals surface area (Å²) in [5.74, 6) is 0.226. The second-order valence-corrected chi connectivity index (χ2v) is 4.69. The van der Waals surface area contributed by atoms with Crippen LogP contribution in [0.5, 0.6) is 0 Å². The van der Waals surface area contributed by atoms with E-state index in [4.69, 9.17) is 28.9 Å². The number of halogens is 2. The molecule has 0 fully saturated rings. The maximum absolute atomic E-state index is 6.00. The molecule has 0 saturated carbocycles. The van der Waals surface area contributed by atoms with E-state index in [1.807, 2.05) is 24.3 Å². The van der Waals surface area contributed by atoms with Crippen LogP contribution in [-0.2, 0) is 0 Å². The summed E-state index contributed by atoms with van der Waals surface area (Å²) in [5, 5.41) is 0.746. The Labute approximate surface area is 102 Å². The van der Waals surface area contributed by atoms with Crippen LogP contribution >= 0.6 is 23.2 Å². The average Bonchev–Trinajstić information content (AvgIpc) is 2.21. The quantitative estimate of drug-likeness (QED) is 0.613. The van der Waals surface area contributed by atoms with E-state index < -0.39 is 0 Å². The predicted octanol–water partition coefficient (Wildman–Crippen LogP) is 4.14. The molecule has 2 atom stereocenters. The number of benzene rings is 1. The van der Waals surface area contributed by atoms with Crippen LogP contribution < -0.4 is 5.73 Å². The van der Waals surface area contributed by atoms with Crippen molar-refractivity contribution < 1.29 is 0 Å². The van der Waals surface area contributed by atoms with Gasteiger partial charge in [-0.3, -0.25) is 0 Å². The van der Waals surface area contributed by atoms with Crippen molar-refractivity contribution in [1.29, 1.82) is 0 Å². The SMILES string of the molecule is CCCCC(c1ccc(Cl)cc1)C(N)Cl. The number of unbranched alkanes of at least 4 members (excludes halogenated alkanes) is 1. The highest BCUT2D eigenvalue weighted by Crippen LogP contribution is 2.27. The zero-order valence-electron chi connectivity index (χ0n) is 8.92. The van der Waals surface area contributed by atoms with Crippen molar-refractivity contribution in [2.24, 2.45) is 5.73 Å². The zero-order chi connectivity index (χ0) is 11.3. The van der Waals surface area contributed by atoms with Crippen molar-refractivity contribution in [3.63, 3.8) is 0 Å². The molecule has 0 aromatic heterocycles. The van der Waals surface area contributed by atoms with Gasteiger partial charge in [-0.1, -0.05) is 43.5 Å². The van der Waals surface area contributed by atoms with Crippen molar-refractivity contribution in [2.75, 3.05) is 0 Å². The molecule has 0 heterocycles. The highest BCUT2D eigenvalue weighted by atomic mass is 35.5. The molecule has 0 aliphatic heterocycles. The highest BCUT2D eigenvalue weighted by molar-refractivity contribution is 6.30. The molecule has 0 radical (unpaired) electrons. The maximum Gasteiger partial charge on any atom is 0.0869 e. The minimum atomic E-state index is -0.322. The van der Waals surface area contributed by atoms with Crippen molar-refractivity contribution in [3.8, 4) is 0 Å². The van der Waals surface area contributed by atoms with Crippen LogP contribution in [0, 0.1) is 0 Å². The van der Waals surface area contributed by atoms with Gasteiger partial charge in [0.1, 0.15) is 0 Å². The first-order valence-corrected chi connectivity index (χ1v) is 6.11. The van der Waals surface area contributed by atoms with Crippen LogP contribution in [-0.4, -0.2) is 5.50 Å². The van der Waals surface area contributed by atoms with Gasteiger partial charge in [-0.15, -0.1) is 11.6 Å². The van der Waals surface area contributed by atoms with E-state index in [0.29, 0.717) is 0 Å². The van der Waals surface area contributed by atoms with Gasteiger partial charge < -0.3 is 5.73 Å². The topological polar surface area (TPSA) is 26.0 Å². The van der Waals surface area contributed by atoms with Gasteiger partial charge in [0.2, 0.25) is 0 Å². The minimum absolute atomic E-state index is 0.226.